The van der Waals surface area contributed by atoms with Crippen LogP contribution in [-0.4, -0.2) is 73.3 Å². The first-order valence-electron chi connectivity index (χ1n) is 14.8. The Bertz CT molecular complexity index is 1530. The average Bonchev–Trinajstić information content (AvgIpc) is 3.77. The molecule has 0 spiro atoms. The van der Waals surface area contributed by atoms with E-state index in [1.807, 2.05) is 18.0 Å². The predicted molar refractivity (Wildman–Crippen MR) is 161 cm³/mol. The number of amides is 1. The van der Waals surface area contributed by atoms with E-state index in [9.17, 15) is 19.1 Å². The van der Waals surface area contributed by atoms with Crippen LogP contribution in [0.2, 0.25) is 0 Å². The standard InChI is InChI=1S/C31H34F2N4O6S/c1-36-8-11-42-25-13-20(16-34-29(25)36)23-5-4-22(43-17-32)15-24(23)27-28(33)44-31(35-27)37(21-2-3-21)30(40)19(14-26(38)39)12-18-6-9-41-10-7-18/h4-5,13,15-16,18-19,21H,2-3,6-12,14,17H2,1H3,(H,38,39)/t19-/m1/s1. The molecule has 234 valence electrons. The number of carbonyl (C=O) groups excluding carboxylic acids is 1. The van der Waals surface area contributed by atoms with Gasteiger partial charge in [0.15, 0.2) is 16.7 Å². The number of aliphatic carboxylic acids is 1. The molecule has 1 saturated carbocycles. The maximum Gasteiger partial charge on any atom is 0.304 e. The highest BCUT2D eigenvalue weighted by molar-refractivity contribution is 7.14. The Morgan fingerprint density at radius 1 is 1.18 bits per heavy atom. The molecule has 10 nitrogen and oxygen atoms in total. The van der Waals surface area contributed by atoms with E-state index in [1.54, 1.807) is 18.3 Å². The van der Waals surface area contributed by atoms with E-state index in [-0.39, 0.29) is 40.9 Å². The van der Waals surface area contributed by atoms with Gasteiger partial charge in [-0.15, -0.1) is 0 Å². The zero-order valence-corrected chi connectivity index (χ0v) is 25.2. The second-order valence-electron chi connectivity index (χ2n) is 11.4. The molecule has 2 fully saturated rings. The number of carbonyl (C=O) groups is 2. The number of hydrogen-bond acceptors (Lipinski definition) is 9. The summed E-state index contributed by atoms with van der Waals surface area (Å²) in [5.41, 5.74) is 1.54. The Kier molecular flexibility index (Phi) is 8.94. The van der Waals surface area contributed by atoms with E-state index in [1.165, 1.54) is 11.0 Å². The van der Waals surface area contributed by atoms with Crippen molar-refractivity contribution in [2.24, 2.45) is 11.8 Å². The number of likely N-dealkylation sites (N-methyl/N-ethyl adjacent to an activating group) is 1. The number of anilines is 2. The van der Waals surface area contributed by atoms with Gasteiger partial charge in [0.05, 0.1) is 13.0 Å². The van der Waals surface area contributed by atoms with E-state index >= 15 is 4.39 Å². The summed E-state index contributed by atoms with van der Waals surface area (Å²) in [7, 11) is 1.92. The smallest absolute Gasteiger partial charge is 0.304 e. The van der Waals surface area contributed by atoms with Crippen LogP contribution in [0.4, 0.5) is 19.7 Å². The predicted octanol–water partition coefficient (Wildman–Crippen LogP) is 5.55. The number of carboxylic acid groups (broad SMARTS) is 1. The Morgan fingerprint density at radius 2 is 1.98 bits per heavy atom. The highest BCUT2D eigenvalue weighted by Crippen LogP contribution is 2.44. The normalized spacial score (nSPS) is 17.5. The van der Waals surface area contributed by atoms with E-state index in [4.69, 9.17) is 14.2 Å². The first kappa shape index (κ1) is 30.2. The van der Waals surface area contributed by atoms with Crippen molar-refractivity contribution in [3.63, 3.8) is 0 Å². The van der Waals surface area contributed by atoms with Crippen molar-refractivity contribution in [1.29, 1.82) is 0 Å². The Balaban J connectivity index is 1.36. The summed E-state index contributed by atoms with van der Waals surface area (Å²) in [6.07, 6.45) is 4.75. The molecular formula is C31H34F2N4O6S. The van der Waals surface area contributed by atoms with Crippen molar-refractivity contribution in [2.75, 3.05) is 50.1 Å². The summed E-state index contributed by atoms with van der Waals surface area (Å²) in [4.78, 5) is 38.4. The highest BCUT2D eigenvalue weighted by atomic mass is 32.1. The zero-order chi connectivity index (χ0) is 30.8. The van der Waals surface area contributed by atoms with E-state index in [0.29, 0.717) is 61.0 Å². The number of alkyl halides is 1. The molecule has 1 aliphatic carbocycles. The van der Waals surface area contributed by atoms with Crippen LogP contribution in [0.5, 0.6) is 11.5 Å². The number of nitrogens with zero attached hydrogens (tertiary/aromatic N) is 4. The molecule has 0 bridgehead atoms. The number of pyridine rings is 1. The van der Waals surface area contributed by atoms with Crippen molar-refractivity contribution in [2.45, 2.75) is 44.6 Å². The van der Waals surface area contributed by atoms with Gasteiger partial charge in [-0.05, 0) is 67.9 Å². The fraction of sp³-hybridized carbons (Fsp3) is 0.484. The molecule has 2 aliphatic heterocycles. The first-order chi connectivity index (χ1) is 21.3. The lowest BCUT2D eigenvalue weighted by Gasteiger charge is -2.29. The van der Waals surface area contributed by atoms with E-state index in [0.717, 1.165) is 37.0 Å². The van der Waals surface area contributed by atoms with Crippen molar-refractivity contribution in [3.05, 3.63) is 35.6 Å². The van der Waals surface area contributed by atoms with Crippen LogP contribution in [0.15, 0.2) is 30.5 Å². The molecule has 44 heavy (non-hydrogen) atoms. The molecule has 3 aromatic rings. The number of hydrogen-bond donors (Lipinski definition) is 1. The van der Waals surface area contributed by atoms with Gasteiger partial charge in [0, 0.05) is 49.5 Å². The number of aromatic nitrogens is 2. The molecular weight excluding hydrogens is 594 g/mol. The maximum atomic E-state index is 15.9. The van der Waals surface area contributed by atoms with Crippen LogP contribution in [-0.2, 0) is 14.3 Å². The summed E-state index contributed by atoms with van der Waals surface area (Å²) in [6.45, 7) is 1.30. The summed E-state index contributed by atoms with van der Waals surface area (Å²) >= 11 is 0.741. The second kappa shape index (κ2) is 13.0. The molecule has 1 atom stereocenters. The lowest BCUT2D eigenvalue weighted by Crippen LogP contribution is -2.40. The second-order valence-corrected chi connectivity index (χ2v) is 12.3. The van der Waals surface area contributed by atoms with Crippen LogP contribution >= 0.6 is 11.3 Å². The van der Waals surface area contributed by atoms with Gasteiger partial charge in [0.1, 0.15) is 18.1 Å². The quantitative estimate of drug-likeness (QED) is 0.292. The Labute approximate surface area is 257 Å². The molecule has 4 heterocycles. The van der Waals surface area contributed by atoms with Gasteiger partial charge < -0.3 is 24.2 Å². The van der Waals surface area contributed by atoms with Crippen LogP contribution in [0.3, 0.4) is 0 Å². The van der Waals surface area contributed by atoms with Gasteiger partial charge in [-0.1, -0.05) is 11.3 Å². The minimum absolute atomic E-state index is 0.0160. The molecule has 2 aromatic heterocycles. The molecule has 0 radical (unpaired) electrons. The number of rotatable bonds is 11. The summed E-state index contributed by atoms with van der Waals surface area (Å²) in [6, 6.07) is 6.44. The van der Waals surface area contributed by atoms with Crippen molar-refractivity contribution in [3.8, 4) is 33.9 Å². The van der Waals surface area contributed by atoms with E-state index in [2.05, 4.69) is 9.97 Å². The average molecular weight is 629 g/mol. The molecule has 6 rings (SSSR count). The third kappa shape index (κ3) is 6.48. The molecule has 0 unspecified atom stereocenters. The van der Waals surface area contributed by atoms with Crippen LogP contribution < -0.4 is 19.3 Å². The lowest BCUT2D eigenvalue weighted by molar-refractivity contribution is -0.141. The van der Waals surface area contributed by atoms with Crippen molar-refractivity contribution < 1.29 is 37.7 Å². The fourth-order valence-corrected chi connectivity index (χ4v) is 6.77. The van der Waals surface area contributed by atoms with Gasteiger partial charge in [-0.2, -0.15) is 4.39 Å². The summed E-state index contributed by atoms with van der Waals surface area (Å²) in [5, 5.41) is 9.18. The number of thiazole rings is 1. The fourth-order valence-electron chi connectivity index (χ4n) is 5.89. The molecule has 1 N–H and O–H groups in total. The van der Waals surface area contributed by atoms with Gasteiger partial charge >= 0.3 is 5.97 Å². The number of carboxylic acids is 1. The minimum atomic E-state index is -1.06. The van der Waals surface area contributed by atoms with Gasteiger partial charge in [0.25, 0.3) is 0 Å². The molecule has 1 aromatic carbocycles. The number of benzene rings is 1. The third-order valence-corrected chi connectivity index (χ3v) is 9.16. The zero-order valence-electron chi connectivity index (χ0n) is 24.3. The van der Waals surface area contributed by atoms with Gasteiger partial charge in [-0.3, -0.25) is 14.5 Å². The molecule has 1 amide bonds. The highest BCUT2D eigenvalue weighted by Gasteiger charge is 2.40. The van der Waals surface area contributed by atoms with Crippen molar-refractivity contribution in [1.82, 2.24) is 9.97 Å². The Morgan fingerprint density at radius 3 is 2.70 bits per heavy atom. The molecule has 3 aliphatic rings. The van der Waals surface area contributed by atoms with Crippen LogP contribution in [0.1, 0.15) is 38.5 Å². The first-order valence-corrected chi connectivity index (χ1v) is 15.6. The third-order valence-electron chi connectivity index (χ3n) is 8.32. The summed E-state index contributed by atoms with van der Waals surface area (Å²) < 4.78 is 45.4. The number of halogens is 2. The number of ether oxygens (including phenoxy) is 3. The van der Waals surface area contributed by atoms with Crippen LogP contribution in [0.25, 0.3) is 22.4 Å². The monoisotopic (exact) mass is 628 g/mol. The van der Waals surface area contributed by atoms with Gasteiger partial charge in [-0.25, -0.2) is 14.4 Å². The largest absolute Gasteiger partial charge is 0.488 e. The minimum Gasteiger partial charge on any atom is -0.488 e. The SMILES string of the molecule is CN1CCOc2cc(-c3ccc(OCF)cc3-c3nc(N(C(=O)[C@@H](CC(=O)O)CC4CCOCC4)C4CC4)sc3F)cnc21. The summed E-state index contributed by atoms with van der Waals surface area (Å²) in [5.74, 6) is -0.520. The molecule has 1 saturated heterocycles. The van der Waals surface area contributed by atoms with E-state index < -0.39 is 23.9 Å². The lowest BCUT2D eigenvalue weighted by atomic mass is 9.86. The Hall–Kier alpha value is -3.84. The topological polar surface area (TPSA) is 114 Å². The maximum absolute atomic E-state index is 15.9. The van der Waals surface area contributed by atoms with Gasteiger partial charge in [0.2, 0.25) is 17.9 Å². The number of fused-ring (bicyclic) bond motifs is 1. The molecule has 13 heteroatoms. The van der Waals surface area contributed by atoms with Crippen LogP contribution in [0, 0.1) is 17.0 Å². The van der Waals surface area contributed by atoms with Crippen molar-refractivity contribution >= 4 is 34.2 Å².